The third-order valence-corrected chi connectivity index (χ3v) is 7.37. The summed E-state index contributed by atoms with van der Waals surface area (Å²) in [6.45, 7) is 3.20. The molecular formula is C27H30ClNO9. The fourth-order valence-corrected chi connectivity index (χ4v) is 5.38. The van der Waals surface area contributed by atoms with E-state index in [0.717, 1.165) is 0 Å². The Labute approximate surface area is 225 Å². The van der Waals surface area contributed by atoms with Crippen LogP contribution in [0.1, 0.15) is 75.8 Å². The Morgan fingerprint density at radius 2 is 1.79 bits per heavy atom. The molecule has 0 aromatic heterocycles. The van der Waals surface area contributed by atoms with Gasteiger partial charge in [-0.05, 0) is 31.6 Å². The second-order valence-electron chi connectivity index (χ2n) is 9.70. The van der Waals surface area contributed by atoms with E-state index in [1.54, 1.807) is 19.9 Å². The third kappa shape index (κ3) is 4.27. The number of ether oxygens (including phenoxy) is 3. The molecule has 204 valence electrons. The minimum atomic E-state index is -0.956. The lowest BCUT2D eigenvalue weighted by atomic mass is 9.77. The molecule has 11 heteroatoms. The minimum absolute atomic E-state index is 0. The Bertz CT molecular complexity index is 1330. The number of phenols is 2. The molecular weight excluding hydrogens is 518 g/mol. The topological polar surface area (TPSA) is 169 Å². The Balaban J connectivity index is 0.00000336. The van der Waals surface area contributed by atoms with E-state index < -0.39 is 59.8 Å². The smallest absolute Gasteiger partial charge is 0.202 e. The highest BCUT2D eigenvalue weighted by atomic mass is 35.5. The number of methoxy groups -OCH3 is 1. The molecule has 0 radical (unpaired) electrons. The first-order valence-electron chi connectivity index (χ1n) is 12.1. The van der Waals surface area contributed by atoms with Crippen LogP contribution in [0.25, 0.3) is 6.08 Å². The fourth-order valence-electron chi connectivity index (χ4n) is 5.38. The van der Waals surface area contributed by atoms with Crippen molar-refractivity contribution >= 4 is 30.0 Å². The lowest BCUT2D eigenvalue weighted by Crippen LogP contribution is -2.52. The number of hydrogen-bond donors (Lipinski definition) is 5. The number of nitrogens with two attached hydrogens (primary N) is 1. The van der Waals surface area contributed by atoms with E-state index in [2.05, 4.69) is 0 Å². The van der Waals surface area contributed by atoms with Crippen LogP contribution in [0.5, 0.6) is 17.2 Å². The van der Waals surface area contributed by atoms with Gasteiger partial charge in [-0.25, -0.2) is 0 Å². The summed E-state index contributed by atoms with van der Waals surface area (Å²) in [7, 11) is 1.37. The molecule has 2 aromatic carbocycles. The SMILES string of the molecule is COc1cccc2c1C(=O)c1c(O)c3c(c(O)c1C2=O)C=C(C(C)O)CC3OC1CC(N)C(O)C(C)O1.Cl. The number of aliphatic hydroxyl groups is 2. The molecule has 2 aliphatic carbocycles. The molecule has 0 bridgehead atoms. The summed E-state index contributed by atoms with van der Waals surface area (Å²) < 4.78 is 17.2. The number of hydrogen-bond acceptors (Lipinski definition) is 10. The van der Waals surface area contributed by atoms with E-state index in [0.29, 0.717) is 5.57 Å². The number of benzene rings is 2. The Morgan fingerprint density at radius 3 is 2.42 bits per heavy atom. The molecule has 1 saturated heterocycles. The number of carbonyl (C=O) groups is 2. The largest absolute Gasteiger partial charge is 0.507 e. The number of ketones is 2. The molecule has 0 spiro atoms. The number of phenolic OH excluding ortho intramolecular Hbond substituents is 2. The van der Waals surface area contributed by atoms with Gasteiger partial charge in [0.15, 0.2) is 12.1 Å². The summed E-state index contributed by atoms with van der Waals surface area (Å²) in [5.74, 6) is -2.14. The van der Waals surface area contributed by atoms with Crippen LogP contribution in [-0.4, -0.2) is 69.7 Å². The predicted octanol–water partition coefficient (Wildman–Crippen LogP) is 2.35. The van der Waals surface area contributed by atoms with Gasteiger partial charge < -0.3 is 40.4 Å². The van der Waals surface area contributed by atoms with Crippen molar-refractivity contribution in [1.29, 1.82) is 0 Å². The zero-order valence-electron chi connectivity index (χ0n) is 21.0. The van der Waals surface area contributed by atoms with E-state index in [9.17, 15) is 30.0 Å². The predicted molar refractivity (Wildman–Crippen MR) is 138 cm³/mol. The quantitative estimate of drug-likeness (QED) is 0.306. The average molecular weight is 548 g/mol. The van der Waals surface area contributed by atoms with E-state index in [-0.39, 0.29) is 64.4 Å². The molecule has 1 fully saturated rings. The molecule has 0 saturated carbocycles. The van der Waals surface area contributed by atoms with Crippen LogP contribution in [0.4, 0.5) is 0 Å². The van der Waals surface area contributed by atoms with Crippen LogP contribution >= 0.6 is 12.4 Å². The van der Waals surface area contributed by atoms with Gasteiger partial charge in [-0.3, -0.25) is 9.59 Å². The van der Waals surface area contributed by atoms with Crippen LogP contribution in [0.15, 0.2) is 23.8 Å². The molecule has 5 rings (SSSR count). The van der Waals surface area contributed by atoms with Crippen LogP contribution in [0.3, 0.4) is 0 Å². The summed E-state index contributed by atoms with van der Waals surface area (Å²) >= 11 is 0. The first-order chi connectivity index (χ1) is 17.5. The standard InChI is InChI=1S/C27H29NO9.ClH/c1-10(29)12-7-14-20(17(8-12)37-18-9-15(28)23(30)11(2)36-18)27(34)22-21(25(14)32)24(31)13-5-4-6-16(35-3)19(13)26(22)33;/h4-7,10-11,15,17-18,23,29-30,32,34H,8-9,28H2,1-3H3;1H. The molecule has 1 aliphatic heterocycles. The van der Waals surface area contributed by atoms with Crippen molar-refractivity contribution in [1.82, 2.24) is 0 Å². The van der Waals surface area contributed by atoms with E-state index >= 15 is 0 Å². The van der Waals surface area contributed by atoms with E-state index in [1.165, 1.54) is 25.3 Å². The second kappa shape index (κ2) is 10.3. The number of rotatable bonds is 4. The van der Waals surface area contributed by atoms with Crippen molar-refractivity contribution in [3.63, 3.8) is 0 Å². The number of carbonyl (C=O) groups excluding carboxylic acids is 2. The summed E-state index contributed by atoms with van der Waals surface area (Å²) in [4.78, 5) is 27.1. The molecule has 2 aromatic rings. The van der Waals surface area contributed by atoms with E-state index in [4.69, 9.17) is 19.9 Å². The highest BCUT2D eigenvalue weighted by Crippen LogP contribution is 2.51. The Morgan fingerprint density at radius 1 is 1.11 bits per heavy atom. The number of fused-ring (bicyclic) bond motifs is 3. The fraction of sp³-hybridized carbons (Fsp3) is 0.407. The molecule has 38 heavy (non-hydrogen) atoms. The van der Waals surface area contributed by atoms with Crippen LogP contribution in [0, 0.1) is 0 Å². The summed E-state index contributed by atoms with van der Waals surface area (Å²) in [5.41, 5.74) is 6.07. The molecule has 0 amide bonds. The van der Waals surface area contributed by atoms with Gasteiger partial charge in [0.25, 0.3) is 0 Å². The van der Waals surface area contributed by atoms with Crippen molar-refractivity contribution in [2.45, 2.75) is 63.4 Å². The first kappa shape index (κ1) is 28.0. The monoisotopic (exact) mass is 547 g/mol. The minimum Gasteiger partial charge on any atom is -0.507 e. The normalized spacial score (nSPS) is 26.9. The molecule has 6 atom stereocenters. The lowest BCUT2D eigenvalue weighted by molar-refractivity contribution is -0.240. The number of aromatic hydroxyl groups is 2. The maximum absolute atomic E-state index is 13.6. The van der Waals surface area contributed by atoms with Crippen molar-refractivity contribution < 1.29 is 44.2 Å². The van der Waals surface area contributed by atoms with Gasteiger partial charge in [0, 0.05) is 35.6 Å². The van der Waals surface area contributed by atoms with Crippen LogP contribution in [-0.2, 0) is 9.47 Å². The molecule has 6 unspecified atom stereocenters. The van der Waals surface area contributed by atoms with Gasteiger partial charge in [-0.15, -0.1) is 12.4 Å². The van der Waals surface area contributed by atoms with Crippen LogP contribution < -0.4 is 10.5 Å². The van der Waals surface area contributed by atoms with Gasteiger partial charge in [0.05, 0.1) is 48.2 Å². The zero-order valence-corrected chi connectivity index (χ0v) is 21.8. The van der Waals surface area contributed by atoms with Crippen molar-refractivity contribution in [2.24, 2.45) is 5.73 Å². The number of halogens is 1. The summed E-state index contributed by atoms with van der Waals surface area (Å²) in [5, 5.41) is 43.2. The van der Waals surface area contributed by atoms with Gasteiger partial charge in [-0.2, -0.15) is 0 Å². The lowest BCUT2D eigenvalue weighted by Gasteiger charge is -2.39. The number of aliphatic hydroxyl groups excluding tert-OH is 2. The van der Waals surface area contributed by atoms with Crippen LogP contribution in [0.2, 0.25) is 0 Å². The van der Waals surface area contributed by atoms with Gasteiger partial charge in [0.2, 0.25) is 5.78 Å². The van der Waals surface area contributed by atoms with Gasteiger partial charge >= 0.3 is 0 Å². The Kier molecular flexibility index (Phi) is 7.59. The molecule has 3 aliphatic rings. The van der Waals surface area contributed by atoms with Gasteiger partial charge in [-0.1, -0.05) is 12.1 Å². The van der Waals surface area contributed by atoms with Crippen molar-refractivity contribution in [2.75, 3.05) is 7.11 Å². The second-order valence-corrected chi connectivity index (χ2v) is 9.70. The van der Waals surface area contributed by atoms with Crippen molar-refractivity contribution in [3.05, 3.63) is 57.2 Å². The maximum Gasteiger partial charge on any atom is 0.202 e. The van der Waals surface area contributed by atoms with E-state index in [1.807, 2.05) is 0 Å². The highest BCUT2D eigenvalue weighted by Gasteiger charge is 2.43. The molecule has 6 N–H and O–H groups in total. The summed E-state index contributed by atoms with van der Waals surface area (Å²) in [6, 6.07) is 3.94. The third-order valence-electron chi connectivity index (χ3n) is 7.37. The average Bonchev–Trinajstić information content (AvgIpc) is 2.86. The summed E-state index contributed by atoms with van der Waals surface area (Å²) in [6.07, 6.45) is -2.47. The molecule has 10 nitrogen and oxygen atoms in total. The maximum atomic E-state index is 13.6. The highest BCUT2D eigenvalue weighted by molar-refractivity contribution is 6.31. The van der Waals surface area contributed by atoms with Crippen molar-refractivity contribution in [3.8, 4) is 17.2 Å². The first-order valence-corrected chi connectivity index (χ1v) is 12.1. The zero-order chi connectivity index (χ0) is 26.8. The molecule has 1 heterocycles. The Hall–Kier alpha value is -2.99. The van der Waals surface area contributed by atoms with Gasteiger partial charge in [0.1, 0.15) is 17.2 Å².